The van der Waals surface area contributed by atoms with Crippen molar-refractivity contribution in [2.24, 2.45) is 0 Å². The number of rotatable bonds is 8. The summed E-state index contributed by atoms with van der Waals surface area (Å²) in [5.41, 5.74) is 0.569. The molecule has 1 aromatic heterocycles. The first kappa shape index (κ1) is 26.4. The summed E-state index contributed by atoms with van der Waals surface area (Å²) in [6.45, 7) is 3.61. The maximum absolute atomic E-state index is 13.6. The lowest BCUT2D eigenvalue weighted by Gasteiger charge is -2.29. The average molecular weight is 532 g/mol. The Bertz CT molecular complexity index is 1230. The zero-order valence-electron chi connectivity index (χ0n) is 18.2. The highest BCUT2D eigenvalue weighted by atomic mass is 35.5. The topological polar surface area (TPSA) is 79.8 Å². The monoisotopic (exact) mass is 531 g/mol. The number of carbonyl (C=O) groups is 1. The fourth-order valence-corrected chi connectivity index (χ4v) is 5.77. The fourth-order valence-electron chi connectivity index (χ4n) is 3.51. The van der Waals surface area contributed by atoms with Gasteiger partial charge < -0.3 is 4.74 Å². The van der Waals surface area contributed by atoms with Gasteiger partial charge in [-0.2, -0.15) is 0 Å². The standard InChI is InChI=1S/C22H23F2N3O4S2.ClH/c23-16-1-4-18(5-2-16)33(29,30)14-7-21(28)27(9-8-26-10-12-31-13-11-26)22-25-19-6-3-17(24)15-20(19)32-22;/h1-6,15H,7-14H2;1H. The van der Waals surface area contributed by atoms with Crippen LogP contribution in [0.2, 0.25) is 0 Å². The van der Waals surface area contributed by atoms with Crippen LogP contribution in [0, 0.1) is 11.6 Å². The molecule has 0 spiro atoms. The maximum atomic E-state index is 13.6. The van der Waals surface area contributed by atoms with E-state index in [1.165, 1.54) is 40.5 Å². The van der Waals surface area contributed by atoms with Crippen molar-refractivity contribution in [2.75, 3.05) is 50.0 Å². The van der Waals surface area contributed by atoms with Gasteiger partial charge in [-0.15, -0.1) is 12.4 Å². The minimum atomic E-state index is -3.76. The van der Waals surface area contributed by atoms with E-state index < -0.39 is 33.1 Å². The summed E-state index contributed by atoms with van der Waals surface area (Å²) in [7, 11) is -3.76. The summed E-state index contributed by atoms with van der Waals surface area (Å²) in [4.78, 5) is 21.2. The molecule has 0 saturated carbocycles. The number of halogens is 3. The molecule has 3 aromatic rings. The Kier molecular flexibility index (Phi) is 8.94. The zero-order chi connectivity index (χ0) is 23.4. The van der Waals surface area contributed by atoms with Crippen molar-refractivity contribution in [3.05, 3.63) is 54.1 Å². The molecule has 0 aliphatic carbocycles. The minimum absolute atomic E-state index is 0. The van der Waals surface area contributed by atoms with Crippen LogP contribution in [0.3, 0.4) is 0 Å². The van der Waals surface area contributed by atoms with E-state index in [9.17, 15) is 22.0 Å². The molecular weight excluding hydrogens is 508 g/mol. The molecule has 0 N–H and O–H groups in total. The third-order valence-corrected chi connectivity index (χ3v) is 8.15. The predicted molar refractivity (Wildman–Crippen MR) is 130 cm³/mol. The normalized spacial score (nSPS) is 14.6. The smallest absolute Gasteiger partial charge is 0.229 e. The molecule has 0 bridgehead atoms. The molecule has 1 amide bonds. The molecule has 1 saturated heterocycles. The van der Waals surface area contributed by atoms with Gasteiger partial charge in [0.05, 0.1) is 34.1 Å². The second-order valence-electron chi connectivity index (χ2n) is 7.63. The first-order valence-electron chi connectivity index (χ1n) is 10.5. The largest absolute Gasteiger partial charge is 0.379 e. The molecule has 184 valence electrons. The van der Waals surface area contributed by atoms with E-state index in [4.69, 9.17) is 4.74 Å². The van der Waals surface area contributed by atoms with Crippen molar-refractivity contribution < 1.29 is 26.7 Å². The van der Waals surface area contributed by atoms with Crippen LogP contribution in [-0.2, 0) is 19.4 Å². The Hall–Kier alpha value is -2.18. The summed E-state index contributed by atoms with van der Waals surface area (Å²) >= 11 is 1.19. The summed E-state index contributed by atoms with van der Waals surface area (Å²) in [6, 6.07) is 8.74. The number of sulfone groups is 1. The van der Waals surface area contributed by atoms with Crippen LogP contribution < -0.4 is 4.90 Å². The first-order valence-corrected chi connectivity index (χ1v) is 12.9. The van der Waals surface area contributed by atoms with Crippen molar-refractivity contribution >= 4 is 54.8 Å². The third-order valence-electron chi connectivity index (χ3n) is 5.37. The lowest BCUT2D eigenvalue weighted by atomic mass is 10.3. The van der Waals surface area contributed by atoms with Crippen LogP contribution in [0.5, 0.6) is 0 Å². The van der Waals surface area contributed by atoms with Crippen LogP contribution in [0.25, 0.3) is 10.2 Å². The van der Waals surface area contributed by atoms with Gasteiger partial charge in [-0.25, -0.2) is 22.2 Å². The van der Waals surface area contributed by atoms with Crippen molar-refractivity contribution in [1.29, 1.82) is 0 Å². The number of morpholine rings is 1. The van der Waals surface area contributed by atoms with Gasteiger partial charge in [0.2, 0.25) is 5.91 Å². The Morgan fingerprint density at radius 2 is 1.76 bits per heavy atom. The second-order valence-corrected chi connectivity index (χ2v) is 10.7. The lowest BCUT2D eigenvalue weighted by molar-refractivity contribution is -0.118. The molecule has 7 nitrogen and oxygen atoms in total. The van der Waals surface area contributed by atoms with Gasteiger partial charge in [-0.05, 0) is 42.5 Å². The lowest BCUT2D eigenvalue weighted by Crippen LogP contribution is -2.43. The van der Waals surface area contributed by atoms with Gasteiger partial charge in [0.15, 0.2) is 15.0 Å². The van der Waals surface area contributed by atoms with Crippen molar-refractivity contribution in [3.63, 3.8) is 0 Å². The summed E-state index contributed by atoms with van der Waals surface area (Å²) in [5, 5.41) is 0.396. The summed E-state index contributed by atoms with van der Waals surface area (Å²) in [6.07, 6.45) is -0.257. The maximum Gasteiger partial charge on any atom is 0.229 e. The highest BCUT2D eigenvalue weighted by Gasteiger charge is 2.24. The number of amides is 1. The van der Waals surface area contributed by atoms with E-state index in [-0.39, 0.29) is 23.7 Å². The minimum Gasteiger partial charge on any atom is -0.379 e. The average Bonchev–Trinajstić information content (AvgIpc) is 3.21. The van der Waals surface area contributed by atoms with E-state index in [0.29, 0.717) is 41.7 Å². The van der Waals surface area contributed by atoms with Crippen molar-refractivity contribution in [2.45, 2.75) is 11.3 Å². The number of benzene rings is 2. The van der Waals surface area contributed by atoms with Crippen molar-refractivity contribution in [1.82, 2.24) is 9.88 Å². The van der Waals surface area contributed by atoms with Gasteiger partial charge in [-0.1, -0.05) is 11.3 Å². The van der Waals surface area contributed by atoms with E-state index in [0.717, 1.165) is 25.2 Å². The Morgan fingerprint density at radius 3 is 2.47 bits per heavy atom. The Balaban J connectivity index is 0.00000324. The third kappa shape index (κ3) is 6.48. The van der Waals surface area contributed by atoms with E-state index in [2.05, 4.69) is 9.88 Å². The molecular formula is C22H24ClF2N3O4S2. The molecule has 2 aromatic carbocycles. The number of thiazole rings is 1. The van der Waals surface area contributed by atoms with E-state index in [1.54, 1.807) is 6.07 Å². The molecule has 0 radical (unpaired) electrons. The van der Waals surface area contributed by atoms with Gasteiger partial charge in [0.1, 0.15) is 11.6 Å². The van der Waals surface area contributed by atoms with Crippen LogP contribution >= 0.6 is 23.7 Å². The molecule has 1 aliphatic heterocycles. The number of hydrogen-bond donors (Lipinski definition) is 0. The number of carbonyl (C=O) groups excluding carboxylic acids is 1. The zero-order valence-corrected chi connectivity index (χ0v) is 20.6. The molecule has 0 unspecified atom stereocenters. The van der Waals surface area contributed by atoms with Gasteiger partial charge in [-0.3, -0.25) is 14.6 Å². The quantitative estimate of drug-likeness (QED) is 0.414. The fraction of sp³-hybridized carbons (Fsp3) is 0.364. The molecule has 4 rings (SSSR count). The Morgan fingerprint density at radius 1 is 1.09 bits per heavy atom. The molecule has 1 fully saturated rings. The van der Waals surface area contributed by atoms with Crippen LogP contribution in [0.1, 0.15) is 6.42 Å². The molecule has 12 heteroatoms. The Labute approximate surface area is 206 Å². The molecule has 1 aliphatic rings. The van der Waals surface area contributed by atoms with Crippen LogP contribution in [0.4, 0.5) is 13.9 Å². The van der Waals surface area contributed by atoms with E-state index >= 15 is 0 Å². The predicted octanol–water partition coefficient (Wildman–Crippen LogP) is 3.53. The van der Waals surface area contributed by atoms with Crippen LogP contribution in [0.15, 0.2) is 47.4 Å². The number of aromatic nitrogens is 1. The summed E-state index contributed by atoms with van der Waals surface area (Å²) in [5.74, 6) is -1.74. The van der Waals surface area contributed by atoms with Crippen LogP contribution in [-0.4, -0.2) is 69.4 Å². The van der Waals surface area contributed by atoms with E-state index in [1.807, 2.05) is 0 Å². The number of nitrogens with zero attached hydrogens (tertiary/aromatic N) is 3. The molecule has 0 atom stereocenters. The molecule has 34 heavy (non-hydrogen) atoms. The van der Waals surface area contributed by atoms with Crippen molar-refractivity contribution in [3.8, 4) is 0 Å². The summed E-state index contributed by atoms with van der Waals surface area (Å²) < 4.78 is 58.0. The number of anilines is 1. The first-order chi connectivity index (χ1) is 15.8. The SMILES string of the molecule is Cl.O=C(CCS(=O)(=O)c1ccc(F)cc1)N(CCN1CCOCC1)c1nc2ccc(F)cc2s1. The van der Waals surface area contributed by atoms with Gasteiger partial charge in [0, 0.05) is 32.6 Å². The molecule has 2 heterocycles. The van der Waals surface area contributed by atoms with Gasteiger partial charge in [0.25, 0.3) is 0 Å². The van der Waals surface area contributed by atoms with Gasteiger partial charge >= 0.3 is 0 Å². The number of ether oxygens (including phenoxy) is 1. The second kappa shape index (κ2) is 11.5. The highest BCUT2D eigenvalue weighted by molar-refractivity contribution is 7.91. The number of hydrogen-bond acceptors (Lipinski definition) is 7. The number of fused-ring (bicyclic) bond motifs is 1. The highest BCUT2D eigenvalue weighted by Crippen LogP contribution is 2.30.